The Hall–Kier alpha value is -0.570. The second-order valence-electron chi connectivity index (χ2n) is 5.97. The minimum atomic E-state index is 0.280. The summed E-state index contributed by atoms with van der Waals surface area (Å²) in [4.78, 5) is 14.3. The van der Waals surface area contributed by atoms with Crippen LogP contribution < -0.4 is 0 Å². The third kappa shape index (κ3) is 7.28. The van der Waals surface area contributed by atoms with Crippen LogP contribution in [0.1, 0.15) is 78.1 Å². The molecule has 3 nitrogen and oxygen atoms in total. The molecule has 1 rings (SSSR count). The first-order valence-corrected chi connectivity index (χ1v) is 8.67. The van der Waals surface area contributed by atoms with Crippen LogP contribution in [0.3, 0.4) is 0 Å². The number of unbranched alkanes of at least 4 members (excludes halogenated alkanes) is 2. The van der Waals surface area contributed by atoms with Gasteiger partial charge < -0.3 is 9.64 Å². The molecule has 0 bridgehead atoms. The number of rotatable bonds is 10. The van der Waals surface area contributed by atoms with Crippen molar-refractivity contribution >= 4 is 5.91 Å². The molecule has 0 aromatic carbocycles. The van der Waals surface area contributed by atoms with Gasteiger partial charge in [-0.1, -0.05) is 46.0 Å². The molecule has 0 atom stereocenters. The molecule has 0 N–H and O–H groups in total. The van der Waals surface area contributed by atoms with Crippen LogP contribution in [0.15, 0.2) is 0 Å². The van der Waals surface area contributed by atoms with Crippen molar-refractivity contribution in [3.8, 4) is 0 Å². The van der Waals surface area contributed by atoms with E-state index in [1.54, 1.807) is 0 Å². The summed E-state index contributed by atoms with van der Waals surface area (Å²) in [5.74, 6) is 0.280. The summed E-state index contributed by atoms with van der Waals surface area (Å²) in [5.41, 5.74) is 0. The Balaban J connectivity index is 2.21. The van der Waals surface area contributed by atoms with Gasteiger partial charge in [0.15, 0.2) is 0 Å². The summed E-state index contributed by atoms with van der Waals surface area (Å²) >= 11 is 0. The van der Waals surface area contributed by atoms with Gasteiger partial charge in [0, 0.05) is 13.1 Å². The molecule has 118 valence electrons. The summed E-state index contributed by atoms with van der Waals surface area (Å²) in [6.07, 6.45) is 11.8. The van der Waals surface area contributed by atoms with E-state index >= 15 is 0 Å². The van der Waals surface area contributed by atoms with Gasteiger partial charge in [-0.25, -0.2) is 0 Å². The Kier molecular flexibility index (Phi) is 9.73. The van der Waals surface area contributed by atoms with Crippen molar-refractivity contribution in [1.82, 2.24) is 4.90 Å². The van der Waals surface area contributed by atoms with E-state index in [-0.39, 0.29) is 5.91 Å². The molecular formula is C17H33NO2. The maximum atomic E-state index is 12.2. The van der Waals surface area contributed by atoms with Crippen LogP contribution in [-0.2, 0) is 9.53 Å². The van der Waals surface area contributed by atoms with E-state index in [9.17, 15) is 4.79 Å². The van der Waals surface area contributed by atoms with Gasteiger partial charge in [0.2, 0.25) is 5.91 Å². The molecule has 1 saturated carbocycles. The normalized spacial score (nSPS) is 16.3. The van der Waals surface area contributed by atoms with Crippen molar-refractivity contribution in [3.05, 3.63) is 0 Å². The molecular weight excluding hydrogens is 250 g/mol. The number of nitrogens with zero attached hydrogens (tertiary/aromatic N) is 1. The molecule has 0 unspecified atom stereocenters. The average molecular weight is 283 g/mol. The Labute approximate surface area is 125 Å². The summed E-state index contributed by atoms with van der Waals surface area (Å²) in [6.45, 7) is 6.79. The zero-order valence-corrected chi connectivity index (χ0v) is 13.5. The largest absolute Gasteiger partial charge is 0.378 e. The van der Waals surface area contributed by atoms with E-state index in [1.165, 1.54) is 32.1 Å². The first-order valence-electron chi connectivity index (χ1n) is 8.67. The van der Waals surface area contributed by atoms with Gasteiger partial charge in [0.05, 0.1) is 19.1 Å². The fraction of sp³-hybridized carbons (Fsp3) is 0.941. The Morgan fingerprint density at radius 1 is 1.05 bits per heavy atom. The fourth-order valence-electron chi connectivity index (χ4n) is 2.76. The van der Waals surface area contributed by atoms with E-state index in [0.29, 0.717) is 19.1 Å². The SMILES string of the molecule is CCCCN(CCCC)C(=O)CCOC1CCCCC1. The van der Waals surface area contributed by atoms with Gasteiger partial charge in [0.1, 0.15) is 0 Å². The van der Waals surface area contributed by atoms with E-state index in [4.69, 9.17) is 4.74 Å². The van der Waals surface area contributed by atoms with Gasteiger partial charge in [-0.3, -0.25) is 4.79 Å². The lowest BCUT2D eigenvalue weighted by molar-refractivity contribution is -0.133. The molecule has 3 heteroatoms. The first kappa shape index (κ1) is 17.5. The van der Waals surface area contributed by atoms with Crippen LogP contribution in [0.25, 0.3) is 0 Å². The summed E-state index contributed by atoms with van der Waals surface area (Å²) in [6, 6.07) is 0. The molecule has 0 aliphatic heterocycles. The average Bonchev–Trinajstić information content (AvgIpc) is 2.48. The van der Waals surface area contributed by atoms with E-state index in [1.807, 2.05) is 4.90 Å². The molecule has 0 radical (unpaired) electrons. The van der Waals surface area contributed by atoms with Crippen LogP contribution in [0, 0.1) is 0 Å². The number of ether oxygens (including phenoxy) is 1. The molecule has 1 amide bonds. The van der Waals surface area contributed by atoms with Crippen LogP contribution >= 0.6 is 0 Å². The second-order valence-corrected chi connectivity index (χ2v) is 5.97. The van der Waals surface area contributed by atoms with E-state index in [2.05, 4.69) is 13.8 Å². The summed E-state index contributed by atoms with van der Waals surface area (Å²) < 4.78 is 5.87. The summed E-state index contributed by atoms with van der Waals surface area (Å²) in [5, 5.41) is 0. The highest BCUT2D eigenvalue weighted by atomic mass is 16.5. The second kappa shape index (κ2) is 11.1. The van der Waals surface area contributed by atoms with Gasteiger partial charge in [-0.05, 0) is 25.7 Å². The highest BCUT2D eigenvalue weighted by molar-refractivity contribution is 5.76. The molecule has 0 aromatic heterocycles. The Morgan fingerprint density at radius 2 is 1.65 bits per heavy atom. The molecule has 0 spiro atoms. The van der Waals surface area contributed by atoms with Crippen LogP contribution in [0.5, 0.6) is 0 Å². The fourth-order valence-corrected chi connectivity index (χ4v) is 2.76. The van der Waals surface area contributed by atoms with Gasteiger partial charge >= 0.3 is 0 Å². The highest BCUT2D eigenvalue weighted by Crippen LogP contribution is 2.20. The van der Waals surface area contributed by atoms with E-state index < -0.39 is 0 Å². The number of hydrogen-bond donors (Lipinski definition) is 0. The zero-order chi connectivity index (χ0) is 14.6. The Bertz CT molecular complexity index is 241. The number of amides is 1. The van der Waals surface area contributed by atoms with Crippen LogP contribution in [-0.4, -0.2) is 36.6 Å². The van der Waals surface area contributed by atoms with Gasteiger partial charge in [-0.2, -0.15) is 0 Å². The molecule has 20 heavy (non-hydrogen) atoms. The highest BCUT2D eigenvalue weighted by Gasteiger charge is 2.16. The lowest BCUT2D eigenvalue weighted by atomic mass is 9.98. The maximum Gasteiger partial charge on any atom is 0.224 e. The standard InChI is InChI=1S/C17H33NO2/c1-3-5-13-18(14-6-4-2)17(19)12-15-20-16-10-8-7-9-11-16/h16H,3-15H2,1-2H3. The van der Waals surface area contributed by atoms with Crippen molar-refractivity contribution < 1.29 is 9.53 Å². The van der Waals surface area contributed by atoms with E-state index in [0.717, 1.165) is 38.8 Å². The predicted octanol–water partition coefficient (Wildman–Crippen LogP) is 4.15. The topological polar surface area (TPSA) is 29.5 Å². The predicted molar refractivity (Wildman–Crippen MR) is 83.8 cm³/mol. The minimum absolute atomic E-state index is 0.280. The molecule has 0 saturated heterocycles. The van der Waals surface area contributed by atoms with Crippen molar-refractivity contribution in [2.24, 2.45) is 0 Å². The third-order valence-electron chi connectivity index (χ3n) is 4.14. The molecule has 1 fully saturated rings. The first-order chi connectivity index (χ1) is 9.77. The monoisotopic (exact) mass is 283 g/mol. The molecule has 1 aliphatic rings. The number of carbonyl (C=O) groups is 1. The van der Waals surface area contributed by atoms with Crippen molar-refractivity contribution in [1.29, 1.82) is 0 Å². The van der Waals surface area contributed by atoms with Gasteiger partial charge in [-0.15, -0.1) is 0 Å². The molecule has 1 aliphatic carbocycles. The van der Waals surface area contributed by atoms with Crippen LogP contribution in [0.4, 0.5) is 0 Å². The quantitative estimate of drug-likeness (QED) is 0.602. The minimum Gasteiger partial charge on any atom is -0.378 e. The van der Waals surface area contributed by atoms with Crippen molar-refractivity contribution in [2.45, 2.75) is 84.2 Å². The smallest absolute Gasteiger partial charge is 0.224 e. The lowest BCUT2D eigenvalue weighted by Crippen LogP contribution is -2.34. The van der Waals surface area contributed by atoms with Crippen molar-refractivity contribution in [2.75, 3.05) is 19.7 Å². The lowest BCUT2D eigenvalue weighted by Gasteiger charge is -2.24. The molecule has 0 heterocycles. The number of hydrogen-bond acceptors (Lipinski definition) is 2. The zero-order valence-electron chi connectivity index (χ0n) is 13.5. The number of carbonyl (C=O) groups excluding carboxylic acids is 1. The van der Waals surface area contributed by atoms with Crippen LogP contribution in [0.2, 0.25) is 0 Å². The third-order valence-corrected chi connectivity index (χ3v) is 4.14. The van der Waals surface area contributed by atoms with Gasteiger partial charge in [0.25, 0.3) is 0 Å². The van der Waals surface area contributed by atoms with Crippen molar-refractivity contribution in [3.63, 3.8) is 0 Å². The maximum absolute atomic E-state index is 12.2. The summed E-state index contributed by atoms with van der Waals surface area (Å²) in [7, 11) is 0. The Morgan fingerprint density at radius 3 is 2.20 bits per heavy atom. The molecule has 0 aromatic rings.